The number of nitrogens with one attached hydrogen (secondary N) is 1. The van der Waals surface area contributed by atoms with Crippen molar-refractivity contribution in [2.75, 3.05) is 25.0 Å². The van der Waals surface area contributed by atoms with E-state index in [1.807, 2.05) is 0 Å². The van der Waals surface area contributed by atoms with Crippen LogP contribution in [0.5, 0.6) is 0 Å². The molecule has 1 aliphatic rings. The standard InChI is InChI=1S/C12H22N4OS/c1-2-6-13-12-11(14-15-18-12)9-16(7-8-17)10-4-3-5-10/h10,13,17H,2-9H2,1H3. The Morgan fingerprint density at radius 3 is 2.94 bits per heavy atom. The van der Waals surface area contributed by atoms with Crippen LogP contribution >= 0.6 is 11.5 Å². The summed E-state index contributed by atoms with van der Waals surface area (Å²) in [6.45, 7) is 4.85. The van der Waals surface area contributed by atoms with Crippen LogP contribution in [-0.2, 0) is 6.54 Å². The fraction of sp³-hybridized carbons (Fsp3) is 0.833. The molecule has 1 aromatic heterocycles. The van der Waals surface area contributed by atoms with E-state index in [0.717, 1.165) is 36.8 Å². The zero-order valence-corrected chi connectivity index (χ0v) is 11.7. The zero-order valence-electron chi connectivity index (χ0n) is 10.9. The highest BCUT2D eigenvalue weighted by Gasteiger charge is 2.25. The van der Waals surface area contributed by atoms with E-state index in [9.17, 15) is 0 Å². The van der Waals surface area contributed by atoms with Gasteiger partial charge in [-0.2, -0.15) is 0 Å². The van der Waals surface area contributed by atoms with Gasteiger partial charge in [0.15, 0.2) is 0 Å². The highest BCUT2D eigenvalue weighted by Crippen LogP contribution is 2.27. The minimum atomic E-state index is 0.214. The number of hydrogen-bond acceptors (Lipinski definition) is 6. The number of aliphatic hydroxyl groups is 1. The van der Waals surface area contributed by atoms with Gasteiger partial charge in [-0.3, -0.25) is 4.90 Å². The molecule has 0 bridgehead atoms. The first-order valence-electron chi connectivity index (χ1n) is 6.75. The molecule has 102 valence electrons. The van der Waals surface area contributed by atoms with Gasteiger partial charge in [-0.25, -0.2) is 0 Å². The monoisotopic (exact) mass is 270 g/mol. The van der Waals surface area contributed by atoms with Crippen molar-refractivity contribution in [3.63, 3.8) is 0 Å². The van der Waals surface area contributed by atoms with Crippen LogP contribution in [0.3, 0.4) is 0 Å². The molecule has 0 aliphatic heterocycles. The maximum atomic E-state index is 9.15. The summed E-state index contributed by atoms with van der Waals surface area (Å²) in [7, 11) is 0. The van der Waals surface area contributed by atoms with Crippen LogP contribution in [0.25, 0.3) is 0 Å². The molecule has 2 rings (SSSR count). The van der Waals surface area contributed by atoms with Gasteiger partial charge in [0.2, 0.25) is 0 Å². The van der Waals surface area contributed by atoms with Crippen molar-refractivity contribution in [1.29, 1.82) is 0 Å². The molecule has 0 radical (unpaired) electrons. The molecule has 1 aliphatic carbocycles. The normalized spacial score (nSPS) is 15.9. The number of nitrogens with zero attached hydrogens (tertiary/aromatic N) is 3. The first-order valence-corrected chi connectivity index (χ1v) is 7.52. The molecule has 5 nitrogen and oxygen atoms in total. The van der Waals surface area contributed by atoms with E-state index in [0.29, 0.717) is 6.04 Å². The van der Waals surface area contributed by atoms with E-state index >= 15 is 0 Å². The van der Waals surface area contributed by atoms with Gasteiger partial charge >= 0.3 is 0 Å². The summed E-state index contributed by atoms with van der Waals surface area (Å²) in [6, 6.07) is 0.623. The van der Waals surface area contributed by atoms with Gasteiger partial charge < -0.3 is 10.4 Å². The van der Waals surface area contributed by atoms with Crippen LogP contribution in [-0.4, -0.2) is 45.3 Å². The maximum Gasteiger partial charge on any atom is 0.134 e. The predicted molar refractivity (Wildman–Crippen MR) is 73.8 cm³/mol. The Morgan fingerprint density at radius 2 is 2.33 bits per heavy atom. The summed E-state index contributed by atoms with van der Waals surface area (Å²) in [4.78, 5) is 2.33. The van der Waals surface area contributed by atoms with Crippen LogP contribution < -0.4 is 5.32 Å². The molecule has 0 unspecified atom stereocenters. The summed E-state index contributed by atoms with van der Waals surface area (Å²) in [5.74, 6) is 0. The maximum absolute atomic E-state index is 9.15. The van der Waals surface area contributed by atoms with Crippen molar-refractivity contribution < 1.29 is 5.11 Å². The lowest BCUT2D eigenvalue weighted by Crippen LogP contribution is -2.41. The van der Waals surface area contributed by atoms with Crippen LogP contribution in [0, 0.1) is 0 Å². The van der Waals surface area contributed by atoms with Crippen molar-refractivity contribution in [1.82, 2.24) is 14.5 Å². The van der Waals surface area contributed by atoms with Gasteiger partial charge in [0.25, 0.3) is 0 Å². The molecule has 1 saturated carbocycles. The summed E-state index contributed by atoms with van der Waals surface area (Å²) < 4.78 is 4.03. The second-order valence-electron chi connectivity index (χ2n) is 4.75. The third-order valence-electron chi connectivity index (χ3n) is 3.42. The molecule has 1 fully saturated rings. The second kappa shape index (κ2) is 7.01. The van der Waals surface area contributed by atoms with Crippen LogP contribution in [0.2, 0.25) is 0 Å². The van der Waals surface area contributed by atoms with E-state index in [1.165, 1.54) is 30.8 Å². The molecule has 0 saturated heterocycles. The topological polar surface area (TPSA) is 61.3 Å². The van der Waals surface area contributed by atoms with Crippen LogP contribution in [0.1, 0.15) is 38.3 Å². The van der Waals surface area contributed by atoms with Crippen molar-refractivity contribution in [2.45, 2.75) is 45.2 Å². The molecule has 0 aromatic carbocycles. The molecule has 0 spiro atoms. The number of hydrogen-bond donors (Lipinski definition) is 2. The van der Waals surface area contributed by atoms with Crippen molar-refractivity contribution >= 4 is 16.5 Å². The number of aliphatic hydroxyl groups excluding tert-OH is 1. The van der Waals surface area contributed by atoms with Crippen molar-refractivity contribution in [2.24, 2.45) is 0 Å². The third-order valence-corrected chi connectivity index (χ3v) is 4.15. The predicted octanol–water partition coefficient (Wildman–Crippen LogP) is 1.71. The molecule has 18 heavy (non-hydrogen) atoms. The Balaban J connectivity index is 1.94. The van der Waals surface area contributed by atoms with E-state index in [2.05, 4.69) is 26.7 Å². The zero-order chi connectivity index (χ0) is 12.8. The quantitative estimate of drug-likeness (QED) is 0.753. The minimum absolute atomic E-state index is 0.214. The Hall–Kier alpha value is -0.720. The van der Waals surface area contributed by atoms with Crippen molar-refractivity contribution in [3.8, 4) is 0 Å². The first-order chi connectivity index (χ1) is 8.85. The van der Waals surface area contributed by atoms with Gasteiger partial charge in [-0.15, -0.1) is 5.10 Å². The molecular formula is C12H22N4OS. The molecule has 0 atom stereocenters. The van der Waals surface area contributed by atoms with E-state index in [4.69, 9.17) is 5.11 Å². The lowest BCUT2D eigenvalue weighted by molar-refractivity contribution is 0.0935. The van der Waals surface area contributed by atoms with E-state index < -0.39 is 0 Å². The average Bonchev–Trinajstić information content (AvgIpc) is 2.72. The van der Waals surface area contributed by atoms with Crippen LogP contribution in [0.4, 0.5) is 5.00 Å². The first kappa shape index (κ1) is 13.7. The van der Waals surface area contributed by atoms with Gasteiger partial charge in [-0.05, 0) is 19.3 Å². The average molecular weight is 270 g/mol. The third kappa shape index (κ3) is 3.40. The lowest BCUT2D eigenvalue weighted by Gasteiger charge is -2.36. The Labute approximate surface area is 112 Å². The number of anilines is 1. The lowest BCUT2D eigenvalue weighted by atomic mass is 9.91. The van der Waals surface area contributed by atoms with Gasteiger partial charge in [0.05, 0.1) is 6.61 Å². The molecule has 0 amide bonds. The minimum Gasteiger partial charge on any atom is -0.395 e. The largest absolute Gasteiger partial charge is 0.395 e. The number of aromatic nitrogens is 2. The smallest absolute Gasteiger partial charge is 0.134 e. The molecular weight excluding hydrogens is 248 g/mol. The summed E-state index contributed by atoms with van der Waals surface area (Å²) >= 11 is 1.43. The van der Waals surface area contributed by atoms with Crippen LogP contribution in [0.15, 0.2) is 0 Å². The highest BCUT2D eigenvalue weighted by atomic mass is 32.1. The van der Waals surface area contributed by atoms with E-state index in [-0.39, 0.29) is 6.61 Å². The Morgan fingerprint density at radius 1 is 1.50 bits per heavy atom. The second-order valence-corrected chi connectivity index (χ2v) is 5.51. The SMILES string of the molecule is CCCNc1snnc1CN(CCO)C1CCC1. The highest BCUT2D eigenvalue weighted by molar-refractivity contribution is 7.10. The fourth-order valence-corrected chi connectivity index (χ4v) is 2.75. The van der Waals surface area contributed by atoms with Gasteiger partial charge in [0, 0.05) is 37.2 Å². The summed E-state index contributed by atoms with van der Waals surface area (Å²) in [5, 5.41) is 17.8. The van der Waals surface area contributed by atoms with Crippen molar-refractivity contribution in [3.05, 3.63) is 5.69 Å². The molecule has 1 heterocycles. The van der Waals surface area contributed by atoms with Gasteiger partial charge in [0.1, 0.15) is 10.7 Å². The summed E-state index contributed by atoms with van der Waals surface area (Å²) in [6.07, 6.45) is 4.90. The fourth-order valence-electron chi connectivity index (χ4n) is 2.15. The Kier molecular flexibility index (Phi) is 5.34. The molecule has 6 heteroatoms. The van der Waals surface area contributed by atoms with E-state index in [1.54, 1.807) is 0 Å². The van der Waals surface area contributed by atoms with Gasteiger partial charge in [-0.1, -0.05) is 17.8 Å². The Bertz CT molecular complexity index is 354. The molecule has 1 aromatic rings. The summed E-state index contributed by atoms with van der Waals surface area (Å²) in [5.41, 5.74) is 1.02. The molecule has 2 N–H and O–H groups in total. The number of rotatable bonds is 8.